The monoisotopic (exact) mass is 549 g/mol. The van der Waals surface area contributed by atoms with Gasteiger partial charge in [-0.25, -0.2) is 0 Å². The molecule has 0 aliphatic carbocycles. The number of hydrogen-bond acceptors (Lipinski definition) is 7. The van der Waals surface area contributed by atoms with Crippen molar-refractivity contribution < 1.29 is 33.6 Å². The molecule has 0 bridgehead atoms. The van der Waals surface area contributed by atoms with E-state index in [2.05, 4.69) is 0 Å². The molecule has 214 valence electrons. The third-order valence-electron chi connectivity index (χ3n) is 6.71. The normalized spacial score (nSPS) is 22.7. The first-order valence-electron chi connectivity index (χ1n) is 13.7. The average Bonchev–Trinajstić information content (AvgIpc) is 2.98. The van der Waals surface area contributed by atoms with Crippen LogP contribution in [0, 0.1) is 0 Å². The van der Waals surface area contributed by atoms with E-state index in [1.807, 2.05) is 91.0 Å². The zero-order valence-corrected chi connectivity index (χ0v) is 22.7. The fraction of sp³-hybridized carbons (Fsp3) is 0.406. The van der Waals surface area contributed by atoms with Gasteiger partial charge in [0, 0.05) is 13.0 Å². The van der Waals surface area contributed by atoms with Crippen molar-refractivity contribution in [1.29, 1.82) is 0 Å². The number of aliphatic hydroxyl groups is 1. The summed E-state index contributed by atoms with van der Waals surface area (Å²) in [5, 5.41) is 11.6. The van der Waals surface area contributed by atoms with Crippen LogP contribution in [0.3, 0.4) is 0 Å². The van der Waals surface area contributed by atoms with Gasteiger partial charge in [0.15, 0.2) is 0 Å². The predicted molar refractivity (Wildman–Crippen MR) is 150 cm³/mol. The number of ether oxygens (including phenoxy) is 5. The summed E-state index contributed by atoms with van der Waals surface area (Å²) >= 11 is 0. The molecule has 3 aromatic rings. The smallest absolute Gasteiger partial charge is 0.217 e. The topological polar surface area (TPSA) is 109 Å². The second-order valence-electron chi connectivity index (χ2n) is 9.87. The molecule has 8 heteroatoms. The first-order chi connectivity index (χ1) is 19.6. The largest absolute Gasteiger partial charge is 0.387 e. The molecule has 40 heavy (non-hydrogen) atoms. The molecule has 1 aliphatic rings. The van der Waals surface area contributed by atoms with E-state index in [1.165, 1.54) is 0 Å². The highest BCUT2D eigenvalue weighted by Gasteiger charge is 2.46. The number of carbonyl (C=O) groups is 1. The molecule has 3 N–H and O–H groups in total. The number of carbonyl (C=O) groups excluding carboxylic acids is 1. The Morgan fingerprint density at radius 2 is 1.15 bits per heavy atom. The van der Waals surface area contributed by atoms with E-state index in [9.17, 15) is 9.90 Å². The molecule has 0 spiro atoms. The lowest BCUT2D eigenvalue weighted by atomic mass is 9.94. The lowest BCUT2D eigenvalue weighted by Gasteiger charge is -2.44. The number of rotatable bonds is 16. The Balaban J connectivity index is 1.46. The maximum atomic E-state index is 11.6. The number of nitrogens with two attached hydrogens (primary N) is 1. The van der Waals surface area contributed by atoms with Gasteiger partial charge in [-0.15, -0.1) is 0 Å². The van der Waals surface area contributed by atoms with Gasteiger partial charge >= 0.3 is 0 Å². The standard InChI is InChI=1S/C32H39NO7/c33-29(34)17-10-18-36-22-27-31(38-20-25-13-6-2-7-14-25)30(35)32(39-21-26-15-8-3-9-16-26)28(40-27)23-37-19-24-11-4-1-5-12-24/h1-9,11-16,27-28,30-32,35H,10,17-23H2,(H2,33,34)/t27-,28+,30+,31-,32+/m0/s1. The van der Waals surface area contributed by atoms with Gasteiger partial charge in [0.1, 0.15) is 30.5 Å². The summed E-state index contributed by atoms with van der Waals surface area (Å²) in [6.07, 6.45) is -2.77. The maximum absolute atomic E-state index is 11.6. The Morgan fingerprint density at radius 3 is 1.62 bits per heavy atom. The maximum Gasteiger partial charge on any atom is 0.217 e. The molecule has 3 aromatic carbocycles. The Morgan fingerprint density at radius 1 is 0.700 bits per heavy atom. The SMILES string of the molecule is NC(=O)CCCOC[C@@H]1O[C@H](COCc2ccccc2)[C@@H](OCc2ccccc2)[C@H](O)[C@H]1OCc1ccccc1. The van der Waals surface area contributed by atoms with Crippen LogP contribution in [0.4, 0.5) is 0 Å². The molecule has 0 saturated carbocycles. The van der Waals surface area contributed by atoms with E-state index < -0.39 is 30.5 Å². The van der Waals surface area contributed by atoms with E-state index in [0.29, 0.717) is 32.8 Å². The van der Waals surface area contributed by atoms with Crippen LogP contribution in [-0.2, 0) is 48.3 Å². The fourth-order valence-corrected chi connectivity index (χ4v) is 4.63. The molecule has 0 unspecified atom stereocenters. The summed E-state index contributed by atoms with van der Waals surface area (Å²) in [6, 6.07) is 29.4. The molecular weight excluding hydrogens is 510 g/mol. The van der Waals surface area contributed by atoms with Crippen LogP contribution in [0.2, 0.25) is 0 Å². The van der Waals surface area contributed by atoms with E-state index in [0.717, 1.165) is 16.7 Å². The van der Waals surface area contributed by atoms with E-state index in [4.69, 9.17) is 29.4 Å². The molecule has 1 amide bonds. The van der Waals surface area contributed by atoms with Crippen LogP contribution in [-0.4, -0.2) is 61.4 Å². The first kappa shape index (κ1) is 29.9. The molecule has 0 radical (unpaired) electrons. The van der Waals surface area contributed by atoms with Crippen molar-refractivity contribution in [3.8, 4) is 0 Å². The van der Waals surface area contributed by atoms with Crippen molar-refractivity contribution in [1.82, 2.24) is 0 Å². The van der Waals surface area contributed by atoms with E-state index in [1.54, 1.807) is 0 Å². The van der Waals surface area contributed by atoms with Gasteiger partial charge in [0.25, 0.3) is 0 Å². The average molecular weight is 550 g/mol. The van der Waals surface area contributed by atoms with Crippen LogP contribution < -0.4 is 5.73 Å². The molecule has 5 atom stereocenters. The van der Waals surface area contributed by atoms with Crippen molar-refractivity contribution in [3.63, 3.8) is 0 Å². The van der Waals surface area contributed by atoms with Gasteiger partial charge in [-0.3, -0.25) is 4.79 Å². The molecule has 8 nitrogen and oxygen atoms in total. The van der Waals surface area contributed by atoms with Gasteiger partial charge in [0.05, 0.1) is 33.0 Å². The van der Waals surface area contributed by atoms with Crippen molar-refractivity contribution in [3.05, 3.63) is 108 Å². The highest BCUT2D eigenvalue weighted by atomic mass is 16.6. The van der Waals surface area contributed by atoms with Crippen LogP contribution in [0.15, 0.2) is 91.0 Å². The molecule has 1 saturated heterocycles. The Bertz CT molecular complexity index is 1110. The highest BCUT2D eigenvalue weighted by Crippen LogP contribution is 2.28. The van der Waals surface area contributed by atoms with Crippen LogP contribution in [0.5, 0.6) is 0 Å². The summed E-state index contributed by atoms with van der Waals surface area (Å²) < 4.78 is 30.8. The number of hydrogen-bond donors (Lipinski definition) is 2. The van der Waals surface area contributed by atoms with Crippen LogP contribution in [0.1, 0.15) is 29.5 Å². The predicted octanol–water partition coefficient (Wildman–Crippen LogP) is 3.78. The molecule has 1 heterocycles. The van der Waals surface area contributed by atoms with Crippen molar-refractivity contribution >= 4 is 5.91 Å². The van der Waals surface area contributed by atoms with Gasteiger partial charge in [0.2, 0.25) is 5.91 Å². The molecule has 1 fully saturated rings. The minimum absolute atomic E-state index is 0.176. The minimum Gasteiger partial charge on any atom is -0.387 e. The van der Waals surface area contributed by atoms with Gasteiger partial charge in [-0.1, -0.05) is 91.0 Å². The van der Waals surface area contributed by atoms with Gasteiger partial charge in [-0.05, 0) is 23.1 Å². The zero-order chi connectivity index (χ0) is 28.0. The molecular formula is C32H39NO7. The minimum atomic E-state index is -0.995. The Labute approximate surface area is 236 Å². The molecule has 0 aromatic heterocycles. The lowest BCUT2D eigenvalue weighted by Crippen LogP contribution is -2.61. The number of primary amides is 1. The summed E-state index contributed by atoms with van der Waals surface area (Å²) in [5.74, 6) is -0.369. The lowest BCUT2D eigenvalue weighted by molar-refractivity contribution is -0.267. The quantitative estimate of drug-likeness (QED) is 0.262. The Hall–Kier alpha value is -3.11. The van der Waals surface area contributed by atoms with E-state index >= 15 is 0 Å². The van der Waals surface area contributed by atoms with Gasteiger partial charge in [-0.2, -0.15) is 0 Å². The van der Waals surface area contributed by atoms with E-state index in [-0.39, 0.29) is 25.5 Å². The summed E-state index contributed by atoms with van der Waals surface area (Å²) in [4.78, 5) is 11.1. The molecule has 4 rings (SSSR count). The first-order valence-corrected chi connectivity index (χ1v) is 13.7. The third kappa shape index (κ3) is 9.52. The van der Waals surface area contributed by atoms with Crippen LogP contribution in [0.25, 0.3) is 0 Å². The zero-order valence-electron chi connectivity index (χ0n) is 22.7. The molecule has 1 aliphatic heterocycles. The summed E-state index contributed by atoms with van der Waals surface area (Å²) in [7, 11) is 0. The highest BCUT2D eigenvalue weighted by molar-refractivity contribution is 5.73. The third-order valence-corrected chi connectivity index (χ3v) is 6.71. The summed E-state index contributed by atoms with van der Waals surface area (Å²) in [6.45, 7) is 1.74. The van der Waals surface area contributed by atoms with Crippen LogP contribution >= 0.6 is 0 Å². The number of amides is 1. The van der Waals surface area contributed by atoms with Crippen molar-refractivity contribution in [2.24, 2.45) is 5.73 Å². The second-order valence-corrected chi connectivity index (χ2v) is 9.87. The fourth-order valence-electron chi connectivity index (χ4n) is 4.63. The van der Waals surface area contributed by atoms with Gasteiger partial charge < -0.3 is 34.5 Å². The van der Waals surface area contributed by atoms with Crippen molar-refractivity contribution in [2.75, 3.05) is 19.8 Å². The van der Waals surface area contributed by atoms with Crippen molar-refractivity contribution in [2.45, 2.75) is 63.2 Å². The number of benzene rings is 3. The second kappa shape index (κ2) is 16.2. The summed E-state index contributed by atoms with van der Waals surface area (Å²) in [5.41, 5.74) is 8.25. The Kier molecular flexibility index (Phi) is 12.1. The number of aliphatic hydroxyl groups excluding tert-OH is 1.